The third kappa shape index (κ3) is 5.16. The summed E-state index contributed by atoms with van der Waals surface area (Å²) in [6.45, 7) is 11.1. The summed E-state index contributed by atoms with van der Waals surface area (Å²) in [4.78, 5) is 12.6. The first-order valence-corrected chi connectivity index (χ1v) is 16.2. The first-order valence-electron chi connectivity index (χ1n) is 14.2. The van der Waals surface area contributed by atoms with Crippen molar-refractivity contribution in [2.45, 2.75) is 46.3 Å². The van der Waals surface area contributed by atoms with Crippen LogP contribution in [0.3, 0.4) is 0 Å². The molecule has 2 saturated heterocycles. The molecule has 1 spiro atoms. The maximum absolute atomic E-state index is 13.8. The minimum absolute atomic E-state index is 0.268. The van der Waals surface area contributed by atoms with E-state index in [1.165, 1.54) is 18.8 Å². The minimum Gasteiger partial charge on any atom is -0.491 e. The summed E-state index contributed by atoms with van der Waals surface area (Å²) < 4.78 is 46.2. The molecule has 2 fully saturated rings. The first-order chi connectivity index (χ1) is 20.0. The van der Waals surface area contributed by atoms with E-state index in [4.69, 9.17) is 18.6 Å². The molecule has 1 aromatic heterocycles. The molecule has 1 atom stereocenters. The van der Waals surface area contributed by atoms with Crippen LogP contribution in [-0.4, -0.2) is 53.3 Å². The number of hydrogen-bond donors (Lipinski definition) is 0. The van der Waals surface area contributed by atoms with Crippen molar-refractivity contribution in [1.29, 1.82) is 0 Å². The van der Waals surface area contributed by atoms with E-state index in [0.29, 0.717) is 25.4 Å². The number of ether oxygens (including phenoxy) is 1. The van der Waals surface area contributed by atoms with E-state index >= 15 is 0 Å². The summed E-state index contributed by atoms with van der Waals surface area (Å²) in [7, 11) is -3.11. The van der Waals surface area contributed by atoms with E-state index in [9.17, 15) is 8.96 Å². The number of imidazole rings is 1. The van der Waals surface area contributed by atoms with Gasteiger partial charge < -0.3 is 28.1 Å². The second-order valence-electron chi connectivity index (χ2n) is 11.6. The van der Waals surface area contributed by atoms with Gasteiger partial charge in [0.05, 0.1) is 37.5 Å². The average molecular weight is 595 g/mol. The van der Waals surface area contributed by atoms with Crippen molar-refractivity contribution in [2.24, 2.45) is 10.6 Å². The lowest BCUT2D eigenvalue weighted by atomic mass is 9.77. The van der Waals surface area contributed by atoms with Gasteiger partial charge in [-0.05, 0) is 62.1 Å². The Morgan fingerprint density at radius 3 is 2.55 bits per heavy atom. The van der Waals surface area contributed by atoms with Crippen LogP contribution >= 0.6 is 7.60 Å². The Morgan fingerprint density at radius 1 is 1.14 bits per heavy atom. The molecule has 4 heterocycles. The number of piperidine rings is 1. The Hall–Kier alpha value is -3.46. The van der Waals surface area contributed by atoms with Crippen LogP contribution in [0, 0.1) is 25.1 Å². The lowest BCUT2D eigenvalue weighted by Gasteiger charge is -2.48. The third-order valence-electron chi connectivity index (χ3n) is 8.21. The standard InChI is InChI=1S/C31H36FN4O5P/c1-6-13-38-28-22(3)23(7-12-27(28)35-16-21(2)33-20-35)14-24-15-31(18-39-42(5,37)40-19-31)17-36-29(24)34-41-30(36,4)25-8-10-26(32)11-9-25/h7-12,14,16,20H,6,13,15,17-19H2,1-5H3/b24-14+. The smallest absolute Gasteiger partial charge is 0.327 e. The zero-order valence-electron chi connectivity index (χ0n) is 24.6. The van der Waals surface area contributed by atoms with Crippen LogP contribution < -0.4 is 4.74 Å². The number of nitrogens with zero attached hydrogens (tertiary/aromatic N) is 4. The number of rotatable bonds is 6. The second kappa shape index (κ2) is 10.7. The molecule has 2 aromatic carbocycles. The van der Waals surface area contributed by atoms with Gasteiger partial charge in [-0.3, -0.25) is 4.57 Å². The highest BCUT2D eigenvalue weighted by Crippen LogP contribution is 2.55. The number of oxime groups is 1. The van der Waals surface area contributed by atoms with Crippen molar-refractivity contribution in [3.63, 3.8) is 0 Å². The fourth-order valence-electron chi connectivity index (χ4n) is 5.81. The zero-order chi connectivity index (χ0) is 29.7. The Bertz CT molecular complexity index is 1610. The molecule has 0 saturated carbocycles. The van der Waals surface area contributed by atoms with E-state index in [1.807, 2.05) is 30.7 Å². The molecule has 11 heteroatoms. The van der Waals surface area contributed by atoms with Crippen LogP contribution in [0.15, 0.2) is 59.7 Å². The van der Waals surface area contributed by atoms with Crippen molar-refractivity contribution in [1.82, 2.24) is 14.5 Å². The molecule has 0 radical (unpaired) electrons. The largest absolute Gasteiger partial charge is 0.491 e. The molecule has 222 valence electrons. The summed E-state index contributed by atoms with van der Waals surface area (Å²) >= 11 is 0. The van der Waals surface area contributed by atoms with E-state index in [1.54, 1.807) is 18.5 Å². The molecule has 0 N–H and O–H groups in total. The Labute approximate surface area is 245 Å². The number of fused-ring (bicyclic) bond motifs is 1. The Balaban J connectivity index is 1.43. The molecule has 0 bridgehead atoms. The van der Waals surface area contributed by atoms with Crippen molar-refractivity contribution in [3.8, 4) is 11.4 Å². The lowest BCUT2D eigenvalue weighted by molar-refractivity contribution is -0.114. The molecule has 42 heavy (non-hydrogen) atoms. The second-order valence-corrected chi connectivity index (χ2v) is 13.7. The van der Waals surface area contributed by atoms with Crippen LogP contribution in [0.25, 0.3) is 11.8 Å². The molecule has 0 aliphatic carbocycles. The van der Waals surface area contributed by atoms with Gasteiger partial charge >= 0.3 is 7.60 Å². The van der Waals surface area contributed by atoms with Crippen LogP contribution in [0.1, 0.15) is 49.1 Å². The van der Waals surface area contributed by atoms with Gasteiger partial charge in [-0.25, -0.2) is 9.37 Å². The Morgan fingerprint density at radius 2 is 1.88 bits per heavy atom. The highest BCUT2D eigenvalue weighted by molar-refractivity contribution is 7.53. The highest BCUT2D eigenvalue weighted by atomic mass is 31.2. The van der Waals surface area contributed by atoms with Gasteiger partial charge in [-0.15, -0.1) is 0 Å². The number of aromatic nitrogens is 2. The Kier molecular flexibility index (Phi) is 7.28. The SMILES string of the molecule is CCCOc1c(-n2cnc(C)c2)ccc(/C=C2\CC3(COP(C)(=O)OC3)CN3C2=NOC3(C)c2ccc(F)cc2)c1C. The van der Waals surface area contributed by atoms with E-state index < -0.39 is 18.7 Å². The van der Waals surface area contributed by atoms with Gasteiger partial charge in [0.15, 0.2) is 5.84 Å². The zero-order valence-corrected chi connectivity index (χ0v) is 25.5. The topological polar surface area (TPSA) is 87.4 Å². The molecular formula is C31H36FN4O5P. The molecule has 3 aliphatic rings. The lowest BCUT2D eigenvalue weighted by Crippen LogP contribution is -2.57. The number of benzene rings is 2. The number of amidine groups is 1. The third-order valence-corrected chi connectivity index (χ3v) is 9.41. The monoisotopic (exact) mass is 594 g/mol. The van der Waals surface area contributed by atoms with E-state index in [0.717, 1.165) is 45.8 Å². The fraction of sp³-hybridized carbons (Fsp3) is 0.419. The summed E-state index contributed by atoms with van der Waals surface area (Å²) in [6, 6.07) is 10.4. The van der Waals surface area contributed by atoms with Gasteiger partial charge in [0.25, 0.3) is 0 Å². The predicted octanol–water partition coefficient (Wildman–Crippen LogP) is 6.58. The van der Waals surface area contributed by atoms with Crippen LogP contribution in [-0.2, 0) is 24.2 Å². The molecule has 3 aromatic rings. The summed E-state index contributed by atoms with van der Waals surface area (Å²) in [6.07, 6.45) is 7.34. The quantitative estimate of drug-likeness (QED) is 0.298. The predicted molar refractivity (Wildman–Crippen MR) is 158 cm³/mol. The highest BCUT2D eigenvalue weighted by Gasteiger charge is 2.54. The molecule has 0 amide bonds. The maximum Gasteiger partial charge on any atom is 0.327 e. The van der Waals surface area contributed by atoms with E-state index in [2.05, 4.69) is 41.0 Å². The van der Waals surface area contributed by atoms with Crippen molar-refractivity contribution in [3.05, 3.63) is 82.7 Å². The summed E-state index contributed by atoms with van der Waals surface area (Å²) in [5, 5.41) is 4.56. The minimum atomic E-state index is -3.11. The fourth-order valence-corrected chi connectivity index (χ4v) is 6.90. The van der Waals surface area contributed by atoms with Crippen molar-refractivity contribution < 1.29 is 27.6 Å². The summed E-state index contributed by atoms with van der Waals surface area (Å²) in [5.41, 5.74) is 4.04. The van der Waals surface area contributed by atoms with Gasteiger partial charge in [0.1, 0.15) is 11.6 Å². The van der Waals surface area contributed by atoms with Crippen LogP contribution in [0.5, 0.6) is 5.75 Å². The van der Waals surface area contributed by atoms with Crippen molar-refractivity contribution in [2.75, 3.05) is 33.0 Å². The first kappa shape index (κ1) is 28.6. The summed E-state index contributed by atoms with van der Waals surface area (Å²) in [5.74, 6) is 1.17. The molecular weight excluding hydrogens is 558 g/mol. The van der Waals surface area contributed by atoms with Gasteiger partial charge in [-0.1, -0.05) is 30.3 Å². The number of hydrogen-bond acceptors (Lipinski definition) is 8. The molecule has 1 unspecified atom stereocenters. The molecule has 3 aliphatic heterocycles. The number of aryl methyl sites for hydroxylation is 1. The van der Waals surface area contributed by atoms with Gasteiger partial charge in [0.2, 0.25) is 5.72 Å². The van der Waals surface area contributed by atoms with Gasteiger partial charge in [0, 0.05) is 42.9 Å². The normalized spacial score (nSPS) is 28.1. The van der Waals surface area contributed by atoms with Gasteiger partial charge in [-0.2, -0.15) is 0 Å². The number of halogens is 1. The van der Waals surface area contributed by atoms with Crippen LogP contribution in [0.4, 0.5) is 4.39 Å². The molecule has 9 nitrogen and oxygen atoms in total. The molecule has 6 rings (SSSR count). The van der Waals surface area contributed by atoms with Crippen molar-refractivity contribution >= 4 is 19.5 Å². The van der Waals surface area contributed by atoms with Crippen LogP contribution in [0.2, 0.25) is 0 Å². The maximum atomic E-state index is 13.8. The van der Waals surface area contributed by atoms with E-state index in [-0.39, 0.29) is 19.0 Å². The average Bonchev–Trinajstić information content (AvgIpc) is 3.55.